The van der Waals surface area contributed by atoms with Gasteiger partial charge in [0.05, 0.1) is 0 Å². The summed E-state index contributed by atoms with van der Waals surface area (Å²) in [6.45, 7) is 5.17. The summed E-state index contributed by atoms with van der Waals surface area (Å²) in [7, 11) is 1.98. The maximum Gasteiger partial charge on any atom is 0.138 e. The molecule has 0 amide bonds. The van der Waals surface area contributed by atoms with Gasteiger partial charge in [-0.2, -0.15) is 5.10 Å². The van der Waals surface area contributed by atoms with Crippen molar-refractivity contribution in [3.05, 3.63) is 46.5 Å². The highest BCUT2D eigenvalue weighted by Crippen LogP contribution is 2.27. The number of rotatable bonds is 6. The predicted octanol–water partition coefficient (Wildman–Crippen LogP) is 3.17. The molecule has 1 aromatic carbocycles. The first-order chi connectivity index (χ1) is 9.63. The Labute approximate surface area is 128 Å². The molecule has 0 aliphatic carbocycles. The van der Waals surface area contributed by atoms with Gasteiger partial charge in [-0.25, -0.2) is 9.67 Å². The molecule has 20 heavy (non-hydrogen) atoms. The van der Waals surface area contributed by atoms with Crippen molar-refractivity contribution in [2.45, 2.75) is 32.2 Å². The van der Waals surface area contributed by atoms with Gasteiger partial charge in [0.1, 0.15) is 12.2 Å². The average molecular weight is 337 g/mol. The molecule has 1 N–H and O–H groups in total. The fraction of sp³-hybridized carbons (Fsp3) is 0.467. The van der Waals surface area contributed by atoms with Crippen LogP contribution in [0.1, 0.15) is 37.2 Å². The predicted molar refractivity (Wildman–Crippen MR) is 84.9 cm³/mol. The Morgan fingerprint density at radius 2 is 2.05 bits per heavy atom. The third kappa shape index (κ3) is 3.46. The van der Waals surface area contributed by atoms with Gasteiger partial charge < -0.3 is 5.32 Å². The Morgan fingerprint density at radius 3 is 2.70 bits per heavy atom. The van der Waals surface area contributed by atoms with E-state index in [2.05, 4.69) is 63.4 Å². The van der Waals surface area contributed by atoms with E-state index in [9.17, 15) is 0 Å². The van der Waals surface area contributed by atoms with Crippen LogP contribution in [0.15, 0.2) is 35.1 Å². The first-order valence-electron chi connectivity index (χ1n) is 6.91. The highest BCUT2D eigenvalue weighted by atomic mass is 79.9. The summed E-state index contributed by atoms with van der Waals surface area (Å²) in [4.78, 5) is 4.42. The molecule has 0 fully saturated rings. The zero-order valence-electron chi connectivity index (χ0n) is 12.2. The Kier molecular flexibility index (Phi) is 5.31. The molecular weight excluding hydrogens is 316 g/mol. The fourth-order valence-electron chi connectivity index (χ4n) is 2.42. The van der Waals surface area contributed by atoms with Gasteiger partial charge >= 0.3 is 0 Å². The molecule has 1 heterocycles. The van der Waals surface area contributed by atoms with Crippen molar-refractivity contribution in [1.82, 2.24) is 20.1 Å². The van der Waals surface area contributed by atoms with E-state index in [0.717, 1.165) is 23.3 Å². The number of hydrogen-bond donors (Lipinski definition) is 1. The van der Waals surface area contributed by atoms with Gasteiger partial charge in [0.2, 0.25) is 0 Å². The first-order valence-corrected chi connectivity index (χ1v) is 7.70. The van der Waals surface area contributed by atoms with Crippen molar-refractivity contribution in [1.29, 1.82) is 0 Å². The van der Waals surface area contributed by atoms with Gasteiger partial charge in [0.15, 0.2) is 0 Å². The minimum absolute atomic E-state index is 0.335. The number of benzene rings is 1. The normalized spacial score (nSPS) is 12.8. The minimum Gasteiger partial charge on any atom is -0.319 e. The molecule has 1 unspecified atom stereocenters. The summed E-state index contributed by atoms with van der Waals surface area (Å²) in [5.41, 5.74) is 1.31. The third-order valence-electron chi connectivity index (χ3n) is 3.36. The van der Waals surface area contributed by atoms with Gasteiger partial charge in [-0.05, 0) is 32.5 Å². The quantitative estimate of drug-likeness (QED) is 0.880. The zero-order valence-corrected chi connectivity index (χ0v) is 13.8. The molecule has 0 bridgehead atoms. The zero-order chi connectivity index (χ0) is 14.5. The van der Waals surface area contributed by atoms with E-state index in [0.29, 0.717) is 12.0 Å². The van der Waals surface area contributed by atoms with Crippen molar-refractivity contribution in [3.8, 4) is 0 Å². The smallest absolute Gasteiger partial charge is 0.138 e. The fourth-order valence-corrected chi connectivity index (χ4v) is 3.03. The third-order valence-corrected chi connectivity index (χ3v) is 4.08. The molecule has 2 rings (SSSR count). The second-order valence-electron chi connectivity index (χ2n) is 5.19. The summed E-state index contributed by atoms with van der Waals surface area (Å²) in [6, 6.07) is 8.71. The van der Waals surface area contributed by atoms with Crippen LogP contribution in [0.4, 0.5) is 0 Å². The van der Waals surface area contributed by atoms with Crippen LogP contribution in [0.5, 0.6) is 0 Å². The maximum absolute atomic E-state index is 4.42. The van der Waals surface area contributed by atoms with E-state index >= 15 is 0 Å². The Balaban J connectivity index is 2.26. The highest BCUT2D eigenvalue weighted by Gasteiger charge is 2.18. The topological polar surface area (TPSA) is 42.7 Å². The molecule has 2 aromatic rings. The number of nitrogens with one attached hydrogen (secondary N) is 1. The van der Waals surface area contributed by atoms with Crippen molar-refractivity contribution >= 4 is 15.9 Å². The van der Waals surface area contributed by atoms with Gasteiger partial charge in [-0.15, -0.1) is 0 Å². The second kappa shape index (κ2) is 6.99. The molecule has 0 aliphatic heterocycles. The van der Waals surface area contributed by atoms with Crippen LogP contribution >= 0.6 is 15.9 Å². The summed E-state index contributed by atoms with van der Waals surface area (Å²) in [6.07, 6.45) is 2.52. The van der Waals surface area contributed by atoms with E-state index < -0.39 is 0 Å². The molecule has 5 heteroatoms. The standard InChI is InChI=1S/C15H21BrN4/c1-11(2)20-15(18-10-19-20)8-12(9-17-3)13-6-4-5-7-14(13)16/h4-7,10-12,17H,8-9H2,1-3H3. The SMILES string of the molecule is CNCC(Cc1ncnn1C(C)C)c1ccccc1Br. The Hall–Kier alpha value is -1.20. The molecule has 1 atom stereocenters. The molecule has 0 spiro atoms. The van der Waals surface area contributed by atoms with Crippen molar-refractivity contribution in [2.24, 2.45) is 0 Å². The molecule has 1 aromatic heterocycles. The van der Waals surface area contributed by atoms with Crippen LogP contribution in [-0.2, 0) is 6.42 Å². The lowest BCUT2D eigenvalue weighted by Crippen LogP contribution is -2.21. The summed E-state index contributed by atoms with van der Waals surface area (Å²) < 4.78 is 3.15. The average Bonchev–Trinajstić information content (AvgIpc) is 2.87. The summed E-state index contributed by atoms with van der Waals surface area (Å²) >= 11 is 3.65. The van der Waals surface area contributed by atoms with Crippen LogP contribution in [0.2, 0.25) is 0 Å². The minimum atomic E-state index is 0.335. The van der Waals surface area contributed by atoms with Crippen molar-refractivity contribution < 1.29 is 0 Å². The molecule has 4 nitrogen and oxygen atoms in total. The van der Waals surface area contributed by atoms with Crippen LogP contribution in [0.25, 0.3) is 0 Å². The van der Waals surface area contributed by atoms with Gasteiger partial charge in [-0.3, -0.25) is 0 Å². The van der Waals surface area contributed by atoms with E-state index in [1.54, 1.807) is 6.33 Å². The Morgan fingerprint density at radius 1 is 1.30 bits per heavy atom. The lowest BCUT2D eigenvalue weighted by molar-refractivity contribution is 0.487. The lowest BCUT2D eigenvalue weighted by atomic mass is 9.95. The monoisotopic (exact) mass is 336 g/mol. The van der Waals surface area contributed by atoms with Gasteiger partial charge in [-0.1, -0.05) is 34.1 Å². The van der Waals surface area contributed by atoms with Gasteiger partial charge in [0, 0.05) is 29.4 Å². The van der Waals surface area contributed by atoms with Crippen molar-refractivity contribution in [2.75, 3.05) is 13.6 Å². The highest BCUT2D eigenvalue weighted by molar-refractivity contribution is 9.10. The van der Waals surface area contributed by atoms with Crippen LogP contribution < -0.4 is 5.32 Å². The number of likely N-dealkylation sites (N-methyl/N-ethyl adjacent to an activating group) is 1. The first kappa shape index (κ1) is 15.2. The molecule has 0 aliphatic rings. The maximum atomic E-state index is 4.42. The number of nitrogens with zero attached hydrogens (tertiary/aromatic N) is 3. The second-order valence-corrected chi connectivity index (χ2v) is 6.05. The largest absolute Gasteiger partial charge is 0.319 e. The molecular formula is C15H21BrN4. The number of halogens is 1. The molecule has 0 radical (unpaired) electrons. The van der Waals surface area contributed by atoms with Crippen molar-refractivity contribution in [3.63, 3.8) is 0 Å². The lowest BCUT2D eigenvalue weighted by Gasteiger charge is -2.19. The molecule has 0 saturated carbocycles. The van der Waals surface area contributed by atoms with E-state index in [1.807, 2.05) is 17.8 Å². The molecule has 0 saturated heterocycles. The number of hydrogen-bond acceptors (Lipinski definition) is 3. The summed E-state index contributed by atoms with van der Waals surface area (Å²) in [5.74, 6) is 1.41. The van der Waals surface area contributed by atoms with Crippen LogP contribution in [0.3, 0.4) is 0 Å². The number of aromatic nitrogens is 3. The van der Waals surface area contributed by atoms with E-state index in [1.165, 1.54) is 5.56 Å². The summed E-state index contributed by atoms with van der Waals surface area (Å²) in [5, 5.41) is 7.59. The molecule has 108 valence electrons. The Bertz CT molecular complexity index is 550. The van der Waals surface area contributed by atoms with E-state index in [4.69, 9.17) is 0 Å². The van der Waals surface area contributed by atoms with Crippen LogP contribution in [0, 0.1) is 0 Å². The van der Waals surface area contributed by atoms with Gasteiger partial charge in [0.25, 0.3) is 0 Å². The van der Waals surface area contributed by atoms with Crippen LogP contribution in [-0.4, -0.2) is 28.4 Å². The van der Waals surface area contributed by atoms with E-state index in [-0.39, 0.29) is 0 Å².